The number of benzene rings is 1. The summed E-state index contributed by atoms with van der Waals surface area (Å²) >= 11 is 0. The zero-order valence-corrected chi connectivity index (χ0v) is 12.8. The molecule has 5 nitrogen and oxygen atoms in total. The lowest BCUT2D eigenvalue weighted by Crippen LogP contribution is -2.29. The first kappa shape index (κ1) is 15.4. The number of methoxy groups -OCH3 is 1. The topological polar surface area (TPSA) is 66.8 Å². The van der Waals surface area contributed by atoms with Crippen molar-refractivity contribution in [3.05, 3.63) is 29.3 Å². The molecule has 1 fully saturated rings. The molecule has 1 saturated carbocycles. The van der Waals surface area contributed by atoms with Crippen molar-refractivity contribution >= 4 is 11.9 Å². The summed E-state index contributed by atoms with van der Waals surface area (Å²) in [5.74, 6) is -0.373. The molecule has 0 bridgehead atoms. The third-order valence-corrected chi connectivity index (χ3v) is 4.19. The van der Waals surface area contributed by atoms with Gasteiger partial charge in [0.1, 0.15) is 5.75 Å². The fraction of sp³-hybridized carbons (Fsp3) is 0.500. The molecule has 1 aliphatic rings. The van der Waals surface area contributed by atoms with E-state index in [1.54, 1.807) is 18.0 Å². The van der Waals surface area contributed by atoms with Crippen LogP contribution in [0.5, 0.6) is 5.75 Å². The molecule has 0 saturated heterocycles. The van der Waals surface area contributed by atoms with Gasteiger partial charge in [0.25, 0.3) is 5.91 Å². The van der Waals surface area contributed by atoms with E-state index < -0.39 is 5.97 Å². The molecule has 1 aliphatic carbocycles. The Morgan fingerprint density at radius 1 is 1.33 bits per heavy atom. The van der Waals surface area contributed by atoms with Crippen LogP contribution in [0.1, 0.15) is 41.0 Å². The van der Waals surface area contributed by atoms with Crippen LogP contribution in [0.3, 0.4) is 0 Å². The molecular weight excluding hydrogens is 270 g/mol. The first-order chi connectivity index (χ1) is 9.74. The Kier molecular flexibility index (Phi) is 3.94. The van der Waals surface area contributed by atoms with Crippen LogP contribution in [0.25, 0.3) is 0 Å². The van der Waals surface area contributed by atoms with Gasteiger partial charge in [-0.3, -0.25) is 4.79 Å². The highest BCUT2D eigenvalue weighted by Crippen LogP contribution is 2.51. The fourth-order valence-electron chi connectivity index (χ4n) is 2.49. The molecule has 1 amide bonds. The maximum absolute atomic E-state index is 12.4. The van der Waals surface area contributed by atoms with Crippen LogP contribution in [0.15, 0.2) is 18.2 Å². The van der Waals surface area contributed by atoms with Gasteiger partial charge >= 0.3 is 5.97 Å². The second-order valence-electron chi connectivity index (χ2n) is 6.33. The number of hydrogen-bond acceptors (Lipinski definition) is 3. The summed E-state index contributed by atoms with van der Waals surface area (Å²) in [6.45, 7) is 5.06. The molecular formula is C16H21NO4. The summed E-state index contributed by atoms with van der Waals surface area (Å²) in [7, 11) is 3.20. The molecule has 1 aromatic carbocycles. The Bertz CT molecular complexity index is 580. The lowest BCUT2D eigenvalue weighted by Gasteiger charge is -2.19. The van der Waals surface area contributed by atoms with Gasteiger partial charge in [0.15, 0.2) is 0 Å². The summed E-state index contributed by atoms with van der Waals surface area (Å²) in [6, 6.07) is 4.37. The molecule has 21 heavy (non-hydrogen) atoms. The Labute approximate surface area is 124 Å². The second-order valence-corrected chi connectivity index (χ2v) is 6.33. The number of ether oxygens (including phenoxy) is 1. The van der Waals surface area contributed by atoms with E-state index in [9.17, 15) is 9.59 Å². The Morgan fingerprint density at radius 2 is 1.90 bits per heavy atom. The highest BCUT2D eigenvalue weighted by molar-refractivity contribution is 5.98. The number of amides is 1. The van der Waals surface area contributed by atoms with Crippen molar-refractivity contribution in [1.29, 1.82) is 0 Å². The lowest BCUT2D eigenvalue weighted by atomic mass is 10.1. The standard InChI is InChI=1S/C16H21NO4/c1-16(2)8-12(16)9-17(3)14(18)10-5-11(15(19)20)7-13(6-10)21-4/h5-7,12H,8-9H2,1-4H3,(H,19,20)/t12-/m1/s1. The summed E-state index contributed by atoms with van der Waals surface area (Å²) in [5.41, 5.74) is 0.695. The van der Waals surface area contributed by atoms with Gasteiger partial charge in [0.2, 0.25) is 0 Å². The first-order valence-electron chi connectivity index (χ1n) is 6.92. The third-order valence-electron chi connectivity index (χ3n) is 4.19. The van der Waals surface area contributed by atoms with E-state index in [2.05, 4.69) is 13.8 Å². The monoisotopic (exact) mass is 291 g/mol. The van der Waals surface area contributed by atoms with Gasteiger partial charge in [-0.1, -0.05) is 13.8 Å². The zero-order valence-electron chi connectivity index (χ0n) is 12.8. The number of nitrogens with zero attached hydrogens (tertiary/aromatic N) is 1. The lowest BCUT2D eigenvalue weighted by molar-refractivity contribution is 0.0696. The predicted molar refractivity (Wildman–Crippen MR) is 78.8 cm³/mol. The van der Waals surface area contributed by atoms with E-state index in [0.29, 0.717) is 29.2 Å². The Hall–Kier alpha value is -2.04. The van der Waals surface area contributed by atoms with Crippen LogP contribution in [0, 0.1) is 11.3 Å². The highest BCUT2D eigenvalue weighted by atomic mass is 16.5. The first-order valence-corrected chi connectivity index (χ1v) is 6.92. The second kappa shape index (κ2) is 5.39. The molecule has 0 spiro atoms. The number of carboxylic acids is 1. The van der Waals surface area contributed by atoms with Crippen molar-refractivity contribution in [3.8, 4) is 5.75 Å². The van der Waals surface area contributed by atoms with Crippen molar-refractivity contribution in [2.24, 2.45) is 11.3 Å². The van der Waals surface area contributed by atoms with Gasteiger partial charge in [0.05, 0.1) is 12.7 Å². The number of aromatic carboxylic acids is 1. The number of carbonyl (C=O) groups is 2. The predicted octanol–water partition coefficient (Wildman–Crippen LogP) is 2.51. The van der Waals surface area contributed by atoms with E-state index in [0.717, 1.165) is 6.42 Å². The van der Waals surface area contributed by atoms with Crippen molar-refractivity contribution < 1.29 is 19.4 Å². The van der Waals surface area contributed by atoms with Crippen LogP contribution in [-0.2, 0) is 0 Å². The van der Waals surface area contributed by atoms with Gasteiger partial charge in [-0.2, -0.15) is 0 Å². The smallest absolute Gasteiger partial charge is 0.335 e. The minimum absolute atomic E-state index is 0.0536. The third kappa shape index (κ3) is 3.35. The van der Waals surface area contributed by atoms with E-state index >= 15 is 0 Å². The largest absolute Gasteiger partial charge is 0.497 e. The quantitative estimate of drug-likeness (QED) is 0.905. The molecule has 0 aliphatic heterocycles. The van der Waals surface area contributed by atoms with E-state index in [1.807, 2.05) is 0 Å². The van der Waals surface area contributed by atoms with Crippen LogP contribution < -0.4 is 4.74 Å². The molecule has 1 N–H and O–H groups in total. The molecule has 0 heterocycles. The van der Waals surface area contributed by atoms with Crippen molar-refractivity contribution in [1.82, 2.24) is 4.90 Å². The minimum Gasteiger partial charge on any atom is -0.497 e. The molecule has 0 aromatic heterocycles. The zero-order chi connectivity index (χ0) is 15.8. The van der Waals surface area contributed by atoms with Crippen LogP contribution >= 0.6 is 0 Å². The number of hydrogen-bond donors (Lipinski definition) is 1. The van der Waals surface area contributed by atoms with Crippen molar-refractivity contribution in [2.75, 3.05) is 20.7 Å². The fourth-order valence-corrected chi connectivity index (χ4v) is 2.49. The van der Waals surface area contributed by atoms with E-state index in [-0.39, 0.29) is 11.5 Å². The van der Waals surface area contributed by atoms with Gasteiger partial charge < -0.3 is 14.7 Å². The molecule has 1 aromatic rings. The van der Waals surface area contributed by atoms with Crippen molar-refractivity contribution in [3.63, 3.8) is 0 Å². The Balaban J connectivity index is 2.18. The summed E-state index contributed by atoms with van der Waals surface area (Å²) in [5, 5.41) is 9.09. The van der Waals surface area contributed by atoms with Crippen LogP contribution in [-0.4, -0.2) is 42.6 Å². The molecule has 1 atom stereocenters. The maximum Gasteiger partial charge on any atom is 0.335 e. The molecule has 2 rings (SSSR count). The average molecular weight is 291 g/mol. The normalized spacial score (nSPS) is 19.0. The molecule has 5 heteroatoms. The summed E-state index contributed by atoms with van der Waals surface area (Å²) in [4.78, 5) is 25.2. The minimum atomic E-state index is -1.08. The Morgan fingerprint density at radius 3 is 2.38 bits per heavy atom. The SMILES string of the molecule is COc1cc(C(=O)O)cc(C(=O)N(C)C[C@H]2CC2(C)C)c1. The maximum atomic E-state index is 12.4. The molecule has 0 radical (unpaired) electrons. The number of carboxylic acid groups (broad SMARTS) is 1. The van der Waals surface area contributed by atoms with Crippen molar-refractivity contribution in [2.45, 2.75) is 20.3 Å². The van der Waals surface area contributed by atoms with Gasteiger partial charge in [-0.15, -0.1) is 0 Å². The van der Waals surface area contributed by atoms with Gasteiger partial charge in [-0.05, 0) is 36.0 Å². The average Bonchev–Trinajstić information content (AvgIpc) is 3.03. The van der Waals surface area contributed by atoms with Crippen LogP contribution in [0.4, 0.5) is 0 Å². The van der Waals surface area contributed by atoms with E-state index in [4.69, 9.17) is 9.84 Å². The summed E-state index contributed by atoms with van der Waals surface area (Å²) in [6.07, 6.45) is 1.11. The van der Waals surface area contributed by atoms with E-state index in [1.165, 1.54) is 19.2 Å². The molecule has 114 valence electrons. The number of rotatable bonds is 5. The summed E-state index contributed by atoms with van der Waals surface area (Å²) < 4.78 is 5.07. The van der Waals surface area contributed by atoms with Crippen LogP contribution in [0.2, 0.25) is 0 Å². The highest BCUT2D eigenvalue weighted by Gasteiger charge is 2.46. The van der Waals surface area contributed by atoms with Gasteiger partial charge in [-0.25, -0.2) is 4.79 Å². The molecule has 0 unspecified atom stereocenters. The number of carbonyl (C=O) groups excluding carboxylic acids is 1. The van der Waals surface area contributed by atoms with Gasteiger partial charge in [0, 0.05) is 19.2 Å².